The predicted octanol–water partition coefficient (Wildman–Crippen LogP) is 6.91. The van der Waals surface area contributed by atoms with Gasteiger partial charge in [0.05, 0.1) is 25.0 Å². The summed E-state index contributed by atoms with van der Waals surface area (Å²) in [6, 6.07) is 7.52. The van der Waals surface area contributed by atoms with E-state index in [-0.39, 0.29) is 32.2 Å². The smallest absolute Gasteiger partial charge is 0.506 e. The van der Waals surface area contributed by atoms with E-state index in [0.717, 1.165) is 11.1 Å². The Labute approximate surface area is 199 Å². The Balaban J connectivity index is 0.00000338. The Morgan fingerprint density at radius 3 is 1.69 bits per heavy atom. The maximum absolute atomic E-state index is 11.4. The van der Waals surface area contributed by atoms with E-state index in [1.807, 2.05) is 24.3 Å². The van der Waals surface area contributed by atoms with Gasteiger partial charge in [-0.1, -0.05) is 13.8 Å². The molecule has 0 aromatic heterocycles. The summed E-state index contributed by atoms with van der Waals surface area (Å²) in [7, 11) is 1.25. The number of hydrogen-bond donors (Lipinski definition) is 1. The van der Waals surface area contributed by atoms with Gasteiger partial charge in [-0.3, -0.25) is 0 Å². The van der Waals surface area contributed by atoms with Gasteiger partial charge in [-0.05, 0) is 99.1 Å². The number of methoxy groups -OCH3 is 1. The maximum atomic E-state index is 11.4. The molecule has 0 unspecified atom stereocenters. The number of carbonyl (C=O) groups excluding carboxylic acids is 1. The standard InChI is InChI=1S/C17H14Br4O4.W/c1-17(2,8-4-10(18)14(22)11(19)5-8)9-6-12(20)15(13(21)7-9)25-16(23)24-3;/h4-7,22H,1-3H3;. The minimum atomic E-state index is -0.792. The third kappa shape index (κ3) is 5.13. The number of rotatable bonds is 3. The first-order chi connectivity index (χ1) is 11.6. The third-order valence-electron chi connectivity index (χ3n) is 3.81. The topological polar surface area (TPSA) is 55.8 Å². The van der Waals surface area contributed by atoms with Crippen LogP contribution in [0, 0.1) is 0 Å². The average Bonchev–Trinajstić information content (AvgIpc) is 2.54. The van der Waals surface area contributed by atoms with Crippen LogP contribution in [0.4, 0.5) is 4.79 Å². The third-order valence-corrected chi connectivity index (χ3v) is 6.20. The predicted molar refractivity (Wildman–Crippen MR) is 111 cm³/mol. The SMILES string of the molecule is COC(=O)Oc1c(Br)cc(C(C)(C)c2cc(Br)c(O)c(Br)c2)cc1Br.[W]. The molecule has 0 amide bonds. The Morgan fingerprint density at radius 2 is 1.31 bits per heavy atom. The number of phenols is 1. The zero-order chi connectivity index (χ0) is 18.9. The van der Waals surface area contributed by atoms with Crippen molar-refractivity contribution < 1.29 is 40.4 Å². The molecule has 0 spiro atoms. The molecule has 0 aliphatic heterocycles. The van der Waals surface area contributed by atoms with Gasteiger partial charge in [0.1, 0.15) is 5.75 Å². The number of hydrogen-bond acceptors (Lipinski definition) is 4. The van der Waals surface area contributed by atoms with Gasteiger partial charge in [-0.25, -0.2) is 4.79 Å². The number of phenolic OH excluding ortho intramolecular Hbond substituents is 1. The van der Waals surface area contributed by atoms with E-state index < -0.39 is 6.16 Å². The molecular formula is C17H14Br4O4W. The summed E-state index contributed by atoms with van der Waals surface area (Å²) in [5.41, 5.74) is 1.59. The van der Waals surface area contributed by atoms with Crippen LogP contribution < -0.4 is 4.74 Å². The Kier molecular flexibility index (Phi) is 8.87. The molecule has 4 nitrogen and oxygen atoms in total. The zero-order valence-electron chi connectivity index (χ0n) is 13.9. The summed E-state index contributed by atoms with van der Waals surface area (Å²) in [6.07, 6.45) is -0.792. The number of ether oxygens (including phenoxy) is 2. The molecule has 0 aliphatic carbocycles. The van der Waals surface area contributed by atoms with Crippen LogP contribution in [0.1, 0.15) is 25.0 Å². The van der Waals surface area contributed by atoms with Gasteiger partial charge < -0.3 is 14.6 Å². The fraction of sp³-hybridized carbons (Fsp3) is 0.235. The van der Waals surface area contributed by atoms with Crippen LogP contribution >= 0.6 is 63.7 Å². The van der Waals surface area contributed by atoms with Crippen LogP contribution in [0.5, 0.6) is 11.5 Å². The second-order valence-electron chi connectivity index (χ2n) is 5.74. The van der Waals surface area contributed by atoms with Crippen LogP contribution in [0.2, 0.25) is 0 Å². The van der Waals surface area contributed by atoms with Gasteiger partial charge in [0.2, 0.25) is 0 Å². The van der Waals surface area contributed by atoms with Crippen LogP contribution in [0.25, 0.3) is 0 Å². The molecular weight excluding hydrogens is 772 g/mol. The number of aromatic hydroxyl groups is 1. The minimum absolute atomic E-state index is 0. The van der Waals surface area contributed by atoms with Crippen molar-refractivity contribution in [1.82, 2.24) is 0 Å². The van der Waals surface area contributed by atoms with Crippen molar-refractivity contribution in [1.29, 1.82) is 0 Å². The van der Waals surface area contributed by atoms with E-state index in [0.29, 0.717) is 23.6 Å². The molecule has 0 aliphatic rings. The summed E-state index contributed by atoms with van der Waals surface area (Å²) in [5.74, 6) is 0.503. The first-order valence-electron chi connectivity index (χ1n) is 7.01. The van der Waals surface area contributed by atoms with E-state index in [2.05, 4.69) is 82.3 Å². The summed E-state index contributed by atoms with van der Waals surface area (Å²) >= 11 is 13.6. The molecule has 26 heavy (non-hydrogen) atoms. The van der Waals surface area contributed by atoms with Crippen molar-refractivity contribution in [2.45, 2.75) is 19.3 Å². The number of benzene rings is 2. The molecule has 0 saturated heterocycles. The Morgan fingerprint density at radius 1 is 0.923 bits per heavy atom. The minimum Gasteiger partial charge on any atom is -0.506 e. The van der Waals surface area contributed by atoms with Gasteiger partial charge >= 0.3 is 6.16 Å². The monoisotopic (exact) mass is 782 g/mol. The largest absolute Gasteiger partial charge is 0.513 e. The second-order valence-corrected chi connectivity index (χ2v) is 9.16. The fourth-order valence-corrected chi connectivity index (χ4v) is 4.77. The molecule has 2 aromatic rings. The summed E-state index contributed by atoms with van der Waals surface area (Å²) < 4.78 is 12.1. The molecule has 0 radical (unpaired) electrons. The van der Waals surface area contributed by atoms with E-state index in [9.17, 15) is 9.90 Å². The molecule has 1 N–H and O–H groups in total. The first-order valence-corrected chi connectivity index (χ1v) is 10.2. The van der Waals surface area contributed by atoms with Crippen LogP contribution in [0.3, 0.4) is 0 Å². The van der Waals surface area contributed by atoms with Crippen molar-refractivity contribution in [3.8, 4) is 11.5 Å². The summed E-state index contributed by atoms with van der Waals surface area (Å²) in [4.78, 5) is 11.4. The van der Waals surface area contributed by atoms with Crippen molar-refractivity contribution in [3.05, 3.63) is 53.3 Å². The van der Waals surface area contributed by atoms with Crippen molar-refractivity contribution in [2.24, 2.45) is 0 Å². The van der Waals surface area contributed by atoms with E-state index in [1.165, 1.54) is 7.11 Å². The van der Waals surface area contributed by atoms with Crippen molar-refractivity contribution in [3.63, 3.8) is 0 Å². The summed E-state index contributed by atoms with van der Waals surface area (Å²) in [5, 5.41) is 9.93. The zero-order valence-corrected chi connectivity index (χ0v) is 23.2. The van der Waals surface area contributed by atoms with Crippen molar-refractivity contribution >= 4 is 69.9 Å². The molecule has 9 heteroatoms. The molecule has 0 fully saturated rings. The fourth-order valence-electron chi connectivity index (χ4n) is 2.24. The molecule has 140 valence electrons. The molecule has 0 atom stereocenters. The molecule has 0 heterocycles. The van der Waals surface area contributed by atoms with Gasteiger partial charge in [0.15, 0.2) is 5.75 Å². The second kappa shape index (κ2) is 9.55. The molecule has 0 bridgehead atoms. The maximum Gasteiger partial charge on any atom is 0.513 e. The van der Waals surface area contributed by atoms with Gasteiger partial charge in [0, 0.05) is 26.5 Å². The number of halogens is 4. The molecule has 0 saturated carbocycles. The summed E-state index contributed by atoms with van der Waals surface area (Å²) in [6.45, 7) is 4.13. The van der Waals surface area contributed by atoms with Gasteiger partial charge in [-0.2, -0.15) is 0 Å². The van der Waals surface area contributed by atoms with Gasteiger partial charge in [-0.15, -0.1) is 0 Å². The Hall–Kier alpha value is 0.118. The van der Waals surface area contributed by atoms with Gasteiger partial charge in [0.25, 0.3) is 0 Å². The molecule has 2 rings (SSSR count). The van der Waals surface area contributed by atoms with Crippen LogP contribution in [-0.4, -0.2) is 18.4 Å². The molecule has 2 aromatic carbocycles. The first kappa shape index (κ1) is 24.2. The average molecular weight is 786 g/mol. The quantitative estimate of drug-likeness (QED) is 0.272. The van der Waals surface area contributed by atoms with Crippen LogP contribution in [0.15, 0.2) is 42.2 Å². The number of carbonyl (C=O) groups is 1. The van der Waals surface area contributed by atoms with Crippen LogP contribution in [-0.2, 0) is 31.2 Å². The van der Waals surface area contributed by atoms with Crippen molar-refractivity contribution in [2.75, 3.05) is 7.11 Å². The Bertz CT molecular complexity index is 793. The van der Waals surface area contributed by atoms with E-state index in [1.54, 1.807) is 0 Å². The van der Waals surface area contributed by atoms with E-state index >= 15 is 0 Å². The normalized spacial score (nSPS) is 10.9. The van der Waals surface area contributed by atoms with E-state index in [4.69, 9.17) is 4.74 Å².